The SMILES string of the molecule is C=CC(C)(O)CC/C(C)=C/CC. The molecule has 0 radical (unpaired) electrons. The number of rotatable bonds is 5. The maximum absolute atomic E-state index is 9.60. The van der Waals surface area contributed by atoms with Crippen LogP contribution in [-0.2, 0) is 0 Å². The molecule has 0 amide bonds. The van der Waals surface area contributed by atoms with Gasteiger partial charge in [-0.25, -0.2) is 0 Å². The summed E-state index contributed by atoms with van der Waals surface area (Å²) in [6.45, 7) is 9.60. The van der Waals surface area contributed by atoms with E-state index in [4.69, 9.17) is 0 Å². The molecule has 1 N–H and O–H groups in total. The van der Waals surface area contributed by atoms with Crippen molar-refractivity contribution in [2.75, 3.05) is 0 Å². The Morgan fingerprint density at radius 3 is 2.58 bits per heavy atom. The van der Waals surface area contributed by atoms with Gasteiger partial charge in [0.1, 0.15) is 0 Å². The molecule has 0 saturated carbocycles. The first-order valence-electron chi connectivity index (χ1n) is 4.53. The minimum atomic E-state index is -0.706. The highest BCUT2D eigenvalue weighted by Crippen LogP contribution is 2.16. The van der Waals surface area contributed by atoms with Crippen LogP contribution >= 0.6 is 0 Å². The van der Waals surface area contributed by atoms with Gasteiger partial charge in [0.05, 0.1) is 5.60 Å². The molecule has 1 atom stereocenters. The monoisotopic (exact) mass is 168 g/mol. The molecule has 0 heterocycles. The van der Waals surface area contributed by atoms with Crippen LogP contribution in [0.3, 0.4) is 0 Å². The van der Waals surface area contributed by atoms with Crippen molar-refractivity contribution in [1.82, 2.24) is 0 Å². The van der Waals surface area contributed by atoms with Crippen LogP contribution in [0, 0.1) is 0 Å². The van der Waals surface area contributed by atoms with Crippen LogP contribution in [0.25, 0.3) is 0 Å². The molecule has 0 rings (SSSR count). The molecule has 0 aliphatic carbocycles. The van der Waals surface area contributed by atoms with E-state index in [9.17, 15) is 5.11 Å². The highest BCUT2D eigenvalue weighted by atomic mass is 16.3. The van der Waals surface area contributed by atoms with Gasteiger partial charge in [0.2, 0.25) is 0 Å². The predicted molar refractivity (Wildman–Crippen MR) is 54.1 cm³/mol. The molecule has 0 aliphatic rings. The van der Waals surface area contributed by atoms with Gasteiger partial charge in [0.25, 0.3) is 0 Å². The van der Waals surface area contributed by atoms with Crippen molar-refractivity contribution in [3.63, 3.8) is 0 Å². The first-order chi connectivity index (χ1) is 5.52. The Bertz CT molecular complexity index is 166. The van der Waals surface area contributed by atoms with Crippen LogP contribution < -0.4 is 0 Å². The Labute approximate surface area is 75.8 Å². The topological polar surface area (TPSA) is 20.2 Å². The normalized spacial score (nSPS) is 17.2. The van der Waals surface area contributed by atoms with E-state index in [0.717, 1.165) is 19.3 Å². The van der Waals surface area contributed by atoms with Crippen LogP contribution in [0.2, 0.25) is 0 Å². The summed E-state index contributed by atoms with van der Waals surface area (Å²) in [7, 11) is 0. The molecule has 0 saturated heterocycles. The van der Waals surface area contributed by atoms with Gasteiger partial charge in [-0.15, -0.1) is 6.58 Å². The molecule has 0 aliphatic heterocycles. The average molecular weight is 168 g/mol. The van der Waals surface area contributed by atoms with Crippen molar-refractivity contribution in [2.45, 2.75) is 45.6 Å². The highest BCUT2D eigenvalue weighted by molar-refractivity contribution is 5.01. The third-order valence-electron chi connectivity index (χ3n) is 2.02. The smallest absolute Gasteiger partial charge is 0.0800 e. The fourth-order valence-corrected chi connectivity index (χ4v) is 1.00. The average Bonchev–Trinajstić information content (AvgIpc) is 2.02. The van der Waals surface area contributed by atoms with Crippen molar-refractivity contribution in [3.8, 4) is 0 Å². The Kier molecular flexibility index (Phi) is 4.91. The fourth-order valence-electron chi connectivity index (χ4n) is 1.00. The Morgan fingerprint density at radius 2 is 2.17 bits per heavy atom. The number of hydrogen-bond donors (Lipinski definition) is 1. The Morgan fingerprint density at radius 1 is 1.58 bits per heavy atom. The van der Waals surface area contributed by atoms with Gasteiger partial charge in [-0.2, -0.15) is 0 Å². The van der Waals surface area contributed by atoms with Crippen LogP contribution in [0.5, 0.6) is 0 Å². The highest BCUT2D eigenvalue weighted by Gasteiger charge is 2.14. The third-order valence-corrected chi connectivity index (χ3v) is 2.02. The van der Waals surface area contributed by atoms with Gasteiger partial charge >= 0.3 is 0 Å². The minimum Gasteiger partial charge on any atom is -0.386 e. The molecule has 1 heteroatoms. The van der Waals surface area contributed by atoms with Gasteiger partial charge in [0.15, 0.2) is 0 Å². The van der Waals surface area contributed by atoms with Crippen molar-refractivity contribution in [2.24, 2.45) is 0 Å². The number of aliphatic hydroxyl groups is 1. The van der Waals surface area contributed by atoms with E-state index in [1.165, 1.54) is 5.57 Å². The standard InChI is InChI=1S/C11H20O/c1-5-7-10(3)8-9-11(4,12)6-2/h6-7,12H,2,5,8-9H2,1,3-4H3/b10-7+. The molecule has 0 spiro atoms. The summed E-state index contributed by atoms with van der Waals surface area (Å²) >= 11 is 0. The molecule has 0 aromatic rings. The van der Waals surface area contributed by atoms with Crippen LogP contribution in [0.1, 0.15) is 40.0 Å². The molecular weight excluding hydrogens is 148 g/mol. The Hall–Kier alpha value is -0.560. The fraction of sp³-hybridized carbons (Fsp3) is 0.636. The van der Waals surface area contributed by atoms with Gasteiger partial charge in [0, 0.05) is 0 Å². The lowest BCUT2D eigenvalue weighted by atomic mass is 9.97. The zero-order valence-corrected chi connectivity index (χ0v) is 8.43. The summed E-state index contributed by atoms with van der Waals surface area (Å²) in [5, 5.41) is 9.60. The van der Waals surface area contributed by atoms with E-state index in [2.05, 4.69) is 26.5 Å². The van der Waals surface area contributed by atoms with Gasteiger partial charge in [-0.1, -0.05) is 24.6 Å². The molecule has 12 heavy (non-hydrogen) atoms. The van der Waals surface area contributed by atoms with Crippen LogP contribution in [0.4, 0.5) is 0 Å². The van der Waals surface area contributed by atoms with Crippen LogP contribution in [0.15, 0.2) is 24.3 Å². The summed E-state index contributed by atoms with van der Waals surface area (Å²) in [5.74, 6) is 0. The zero-order chi connectivity index (χ0) is 9.61. The summed E-state index contributed by atoms with van der Waals surface area (Å²) in [5.41, 5.74) is 0.641. The quantitative estimate of drug-likeness (QED) is 0.625. The maximum atomic E-state index is 9.60. The largest absolute Gasteiger partial charge is 0.386 e. The second kappa shape index (κ2) is 5.15. The zero-order valence-electron chi connectivity index (χ0n) is 8.43. The summed E-state index contributed by atoms with van der Waals surface area (Å²) in [6, 6.07) is 0. The first-order valence-corrected chi connectivity index (χ1v) is 4.53. The Balaban J connectivity index is 3.82. The summed E-state index contributed by atoms with van der Waals surface area (Å²) < 4.78 is 0. The first kappa shape index (κ1) is 11.4. The lowest BCUT2D eigenvalue weighted by molar-refractivity contribution is 0.102. The second-order valence-electron chi connectivity index (χ2n) is 3.52. The lowest BCUT2D eigenvalue weighted by Crippen LogP contribution is -2.19. The second-order valence-corrected chi connectivity index (χ2v) is 3.52. The molecular formula is C11H20O. The summed E-state index contributed by atoms with van der Waals surface area (Å²) in [4.78, 5) is 0. The lowest BCUT2D eigenvalue weighted by Gasteiger charge is -2.18. The minimum absolute atomic E-state index is 0.706. The molecule has 70 valence electrons. The molecule has 0 bridgehead atoms. The van der Waals surface area contributed by atoms with Crippen molar-refractivity contribution < 1.29 is 5.11 Å². The van der Waals surface area contributed by atoms with E-state index >= 15 is 0 Å². The molecule has 0 aromatic heterocycles. The molecule has 1 nitrogen and oxygen atoms in total. The van der Waals surface area contributed by atoms with Crippen molar-refractivity contribution in [1.29, 1.82) is 0 Å². The predicted octanol–water partition coefficient (Wildman–Crippen LogP) is 3.06. The third kappa shape index (κ3) is 5.14. The van der Waals surface area contributed by atoms with E-state index in [0.29, 0.717) is 0 Å². The number of hydrogen-bond acceptors (Lipinski definition) is 1. The summed E-state index contributed by atoms with van der Waals surface area (Å²) in [6.07, 6.45) is 6.58. The van der Waals surface area contributed by atoms with E-state index in [1.54, 1.807) is 13.0 Å². The number of allylic oxidation sites excluding steroid dienone is 2. The maximum Gasteiger partial charge on any atom is 0.0800 e. The van der Waals surface area contributed by atoms with Gasteiger partial charge in [-0.05, 0) is 33.1 Å². The van der Waals surface area contributed by atoms with E-state index in [-0.39, 0.29) is 0 Å². The van der Waals surface area contributed by atoms with Gasteiger partial charge < -0.3 is 5.11 Å². The van der Waals surface area contributed by atoms with Gasteiger partial charge in [-0.3, -0.25) is 0 Å². The van der Waals surface area contributed by atoms with E-state index in [1.807, 2.05) is 0 Å². The molecule has 0 fully saturated rings. The van der Waals surface area contributed by atoms with Crippen molar-refractivity contribution in [3.05, 3.63) is 24.3 Å². The molecule has 1 unspecified atom stereocenters. The van der Waals surface area contributed by atoms with Crippen molar-refractivity contribution >= 4 is 0 Å². The van der Waals surface area contributed by atoms with E-state index < -0.39 is 5.60 Å². The van der Waals surface area contributed by atoms with Crippen LogP contribution in [-0.4, -0.2) is 10.7 Å². The molecule has 0 aromatic carbocycles.